The summed E-state index contributed by atoms with van der Waals surface area (Å²) in [5.41, 5.74) is 2.10. The topological polar surface area (TPSA) is 98.8 Å². The molecule has 0 unspecified atom stereocenters. The zero-order valence-corrected chi connectivity index (χ0v) is 18.8. The molecule has 0 aliphatic carbocycles. The Bertz CT molecular complexity index is 1080. The third-order valence-corrected chi connectivity index (χ3v) is 6.11. The molecule has 2 aliphatic rings. The van der Waals surface area contributed by atoms with Crippen LogP contribution in [-0.4, -0.2) is 64.8 Å². The van der Waals surface area contributed by atoms with Crippen LogP contribution in [0.15, 0.2) is 54.6 Å². The SMILES string of the molecule is CC1(C)NC(=O)N(CCC(=O)N2CCNC(=O)[C@@H]2Cc2cccc(-c3ccccc3)c2)C1=O. The fourth-order valence-corrected chi connectivity index (χ4v) is 4.32. The van der Waals surface area contributed by atoms with E-state index in [0.29, 0.717) is 19.5 Å². The zero-order chi connectivity index (χ0) is 23.6. The van der Waals surface area contributed by atoms with Gasteiger partial charge in [-0.05, 0) is 30.5 Å². The highest BCUT2D eigenvalue weighted by molar-refractivity contribution is 6.06. The van der Waals surface area contributed by atoms with Crippen molar-refractivity contribution in [2.45, 2.75) is 38.3 Å². The maximum absolute atomic E-state index is 13.0. The van der Waals surface area contributed by atoms with Crippen LogP contribution in [-0.2, 0) is 20.8 Å². The number of carbonyl (C=O) groups is 4. The second kappa shape index (κ2) is 9.05. The number of amides is 5. The molecule has 2 heterocycles. The van der Waals surface area contributed by atoms with E-state index in [1.54, 1.807) is 18.7 Å². The smallest absolute Gasteiger partial charge is 0.325 e. The molecule has 8 heteroatoms. The molecule has 2 fully saturated rings. The first-order valence-corrected chi connectivity index (χ1v) is 11.1. The van der Waals surface area contributed by atoms with Crippen LogP contribution in [0.1, 0.15) is 25.8 Å². The van der Waals surface area contributed by atoms with E-state index in [4.69, 9.17) is 0 Å². The quantitative estimate of drug-likeness (QED) is 0.660. The first kappa shape index (κ1) is 22.5. The van der Waals surface area contributed by atoms with E-state index in [2.05, 4.69) is 10.6 Å². The summed E-state index contributed by atoms with van der Waals surface area (Å²) >= 11 is 0. The number of carbonyl (C=O) groups excluding carboxylic acids is 4. The fourth-order valence-electron chi connectivity index (χ4n) is 4.32. The molecule has 8 nitrogen and oxygen atoms in total. The first-order valence-electron chi connectivity index (χ1n) is 11.1. The lowest BCUT2D eigenvalue weighted by Crippen LogP contribution is -2.58. The van der Waals surface area contributed by atoms with E-state index in [9.17, 15) is 19.2 Å². The molecule has 2 N–H and O–H groups in total. The largest absolute Gasteiger partial charge is 0.353 e. The van der Waals surface area contributed by atoms with Gasteiger partial charge in [-0.3, -0.25) is 19.3 Å². The Labute approximate surface area is 192 Å². The van der Waals surface area contributed by atoms with Gasteiger partial charge in [0.05, 0.1) is 0 Å². The van der Waals surface area contributed by atoms with Gasteiger partial charge < -0.3 is 15.5 Å². The standard InChI is InChI=1S/C25H28N4O4/c1-25(2)23(32)29(24(33)27-25)13-11-21(30)28-14-12-26-22(31)20(28)16-17-7-6-10-19(15-17)18-8-4-3-5-9-18/h3-10,15,20H,11-14,16H2,1-2H3,(H,26,31)(H,27,33)/t20-/m0/s1. The molecule has 0 spiro atoms. The lowest BCUT2D eigenvalue weighted by Gasteiger charge is -2.35. The van der Waals surface area contributed by atoms with E-state index in [1.807, 2.05) is 54.6 Å². The summed E-state index contributed by atoms with van der Waals surface area (Å²) in [6.45, 7) is 4.01. The highest BCUT2D eigenvalue weighted by atomic mass is 16.2. The third-order valence-electron chi connectivity index (χ3n) is 6.11. The molecule has 2 aromatic rings. The van der Waals surface area contributed by atoms with Gasteiger partial charge in [0.1, 0.15) is 11.6 Å². The highest BCUT2D eigenvalue weighted by Gasteiger charge is 2.44. The van der Waals surface area contributed by atoms with Crippen molar-refractivity contribution in [2.24, 2.45) is 0 Å². The molecule has 172 valence electrons. The average Bonchev–Trinajstić information content (AvgIpc) is 3.00. The van der Waals surface area contributed by atoms with Crippen molar-refractivity contribution in [2.75, 3.05) is 19.6 Å². The summed E-state index contributed by atoms with van der Waals surface area (Å²) < 4.78 is 0. The summed E-state index contributed by atoms with van der Waals surface area (Å²) in [4.78, 5) is 52.8. The molecule has 1 atom stereocenters. The van der Waals surface area contributed by atoms with E-state index in [1.165, 1.54) is 0 Å². The molecule has 5 amide bonds. The minimum Gasteiger partial charge on any atom is -0.353 e. The number of urea groups is 1. The van der Waals surface area contributed by atoms with Gasteiger partial charge in [-0.2, -0.15) is 0 Å². The van der Waals surface area contributed by atoms with Gasteiger partial charge in [0.2, 0.25) is 11.8 Å². The lowest BCUT2D eigenvalue weighted by molar-refractivity contribution is -0.143. The van der Waals surface area contributed by atoms with Crippen LogP contribution in [0, 0.1) is 0 Å². The van der Waals surface area contributed by atoms with Gasteiger partial charge in [0, 0.05) is 32.5 Å². The highest BCUT2D eigenvalue weighted by Crippen LogP contribution is 2.22. The summed E-state index contributed by atoms with van der Waals surface area (Å²) in [5.74, 6) is -0.804. The molecule has 0 radical (unpaired) electrons. The predicted octanol–water partition coefficient (Wildman–Crippen LogP) is 1.94. The lowest BCUT2D eigenvalue weighted by atomic mass is 9.97. The summed E-state index contributed by atoms with van der Waals surface area (Å²) in [7, 11) is 0. The van der Waals surface area contributed by atoms with E-state index < -0.39 is 17.6 Å². The van der Waals surface area contributed by atoms with Gasteiger partial charge >= 0.3 is 6.03 Å². The summed E-state index contributed by atoms with van der Waals surface area (Å²) in [5, 5.41) is 5.46. The van der Waals surface area contributed by atoms with Crippen molar-refractivity contribution in [3.63, 3.8) is 0 Å². The maximum atomic E-state index is 13.0. The van der Waals surface area contributed by atoms with Gasteiger partial charge in [0.15, 0.2) is 0 Å². The van der Waals surface area contributed by atoms with E-state index in [0.717, 1.165) is 21.6 Å². The van der Waals surface area contributed by atoms with Crippen LogP contribution in [0.25, 0.3) is 11.1 Å². The molecular formula is C25H28N4O4. The number of hydrogen-bond acceptors (Lipinski definition) is 4. The van der Waals surface area contributed by atoms with Gasteiger partial charge in [-0.25, -0.2) is 4.79 Å². The first-order chi connectivity index (χ1) is 15.8. The van der Waals surface area contributed by atoms with Crippen LogP contribution in [0.2, 0.25) is 0 Å². The molecular weight excluding hydrogens is 420 g/mol. The van der Waals surface area contributed by atoms with Crippen molar-refractivity contribution >= 4 is 23.8 Å². The Hall–Kier alpha value is -3.68. The molecule has 33 heavy (non-hydrogen) atoms. The van der Waals surface area contributed by atoms with Crippen LogP contribution < -0.4 is 10.6 Å². The summed E-state index contributed by atoms with van der Waals surface area (Å²) in [6, 6.07) is 16.8. The van der Waals surface area contributed by atoms with E-state index >= 15 is 0 Å². The van der Waals surface area contributed by atoms with Gasteiger partial charge in [-0.1, -0.05) is 54.6 Å². The molecule has 0 saturated carbocycles. The van der Waals surface area contributed by atoms with Crippen LogP contribution in [0.3, 0.4) is 0 Å². The zero-order valence-electron chi connectivity index (χ0n) is 18.8. The third kappa shape index (κ3) is 4.74. The minimum absolute atomic E-state index is 0.0126. The van der Waals surface area contributed by atoms with Crippen molar-refractivity contribution < 1.29 is 19.2 Å². The van der Waals surface area contributed by atoms with Crippen LogP contribution in [0.4, 0.5) is 4.79 Å². The monoisotopic (exact) mass is 448 g/mol. The average molecular weight is 449 g/mol. The number of nitrogens with one attached hydrogen (secondary N) is 2. The van der Waals surface area contributed by atoms with Crippen LogP contribution in [0.5, 0.6) is 0 Å². The Kier molecular flexibility index (Phi) is 6.18. The molecule has 0 bridgehead atoms. The maximum Gasteiger partial charge on any atom is 0.325 e. The Morgan fingerprint density at radius 3 is 2.45 bits per heavy atom. The molecule has 0 aromatic heterocycles. The number of nitrogens with zero attached hydrogens (tertiary/aromatic N) is 2. The number of piperazine rings is 1. The normalized spacial score (nSPS) is 19.9. The van der Waals surface area contributed by atoms with Crippen molar-refractivity contribution in [1.82, 2.24) is 20.4 Å². The summed E-state index contributed by atoms with van der Waals surface area (Å²) in [6.07, 6.45) is 0.359. The number of imide groups is 1. The van der Waals surface area contributed by atoms with Crippen molar-refractivity contribution in [1.29, 1.82) is 0 Å². The van der Waals surface area contributed by atoms with Crippen molar-refractivity contribution in [3.8, 4) is 11.1 Å². The second-order valence-electron chi connectivity index (χ2n) is 8.93. The molecule has 4 rings (SSSR count). The fraction of sp³-hybridized carbons (Fsp3) is 0.360. The van der Waals surface area contributed by atoms with Crippen LogP contribution >= 0.6 is 0 Å². The number of rotatable bonds is 6. The number of benzene rings is 2. The number of hydrogen-bond donors (Lipinski definition) is 2. The second-order valence-corrected chi connectivity index (χ2v) is 8.93. The van der Waals surface area contributed by atoms with Gasteiger partial charge in [-0.15, -0.1) is 0 Å². The van der Waals surface area contributed by atoms with Gasteiger partial charge in [0.25, 0.3) is 5.91 Å². The molecule has 2 aromatic carbocycles. The molecule has 2 aliphatic heterocycles. The van der Waals surface area contributed by atoms with Crippen molar-refractivity contribution in [3.05, 3.63) is 60.2 Å². The Morgan fingerprint density at radius 2 is 1.76 bits per heavy atom. The predicted molar refractivity (Wildman–Crippen MR) is 123 cm³/mol. The minimum atomic E-state index is -0.975. The van der Waals surface area contributed by atoms with E-state index in [-0.39, 0.29) is 30.7 Å². The Balaban J connectivity index is 1.46. The Morgan fingerprint density at radius 1 is 1.03 bits per heavy atom. The molecule has 2 saturated heterocycles.